The number of ether oxygens (including phenoxy) is 1. The van der Waals surface area contributed by atoms with E-state index in [1.807, 2.05) is 38.1 Å². The highest BCUT2D eigenvalue weighted by Crippen LogP contribution is 2.59. The van der Waals surface area contributed by atoms with Gasteiger partial charge in [0.05, 0.1) is 5.41 Å². The van der Waals surface area contributed by atoms with Crippen molar-refractivity contribution >= 4 is 29.1 Å². The van der Waals surface area contributed by atoms with E-state index in [0.29, 0.717) is 10.0 Å². The highest BCUT2D eigenvalue weighted by molar-refractivity contribution is 6.31. The maximum absolute atomic E-state index is 12.8. The van der Waals surface area contributed by atoms with Gasteiger partial charge in [0.1, 0.15) is 5.75 Å². The minimum absolute atomic E-state index is 0.00573. The summed E-state index contributed by atoms with van der Waals surface area (Å²) in [4.78, 5) is 12.8. The molecule has 7 heteroatoms. The number of hydrogen-bond acceptors (Lipinski definition) is 2. The SMILES string of the molecule is C[C@H]1NC(=O)[C@]2(C)CC[C@@H](c3ccc(OC(F)F)cc3Cl)[C@H](c3ccc(Cl)cc3)[C@H]12. The molecule has 0 unspecified atom stereocenters. The van der Waals surface area contributed by atoms with Crippen molar-refractivity contribution < 1.29 is 18.3 Å². The van der Waals surface area contributed by atoms with E-state index in [9.17, 15) is 13.6 Å². The molecule has 30 heavy (non-hydrogen) atoms. The van der Waals surface area contributed by atoms with Gasteiger partial charge < -0.3 is 10.1 Å². The molecule has 0 aromatic heterocycles. The Morgan fingerprint density at radius 1 is 1.17 bits per heavy atom. The summed E-state index contributed by atoms with van der Waals surface area (Å²) >= 11 is 12.7. The maximum Gasteiger partial charge on any atom is 0.387 e. The predicted molar refractivity (Wildman–Crippen MR) is 113 cm³/mol. The molecule has 0 spiro atoms. The smallest absolute Gasteiger partial charge is 0.387 e. The minimum atomic E-state index is -2.90. The zero-order chi connectivity index (χ0) is 21.6. The molecular weight excluding hydrogens is 431 g/mol. The van der Waals surface area contributed by atoms with Crippen molar-refractivity contribution in [1.82, 2.24) is 5.32 Å². The van der Waals surface area contributed by atoms with Crippen LogP contribution in [0, 0.1) is 11.3 Å². The molecule has 1 N–H and O–H groups in total. The van der Waals surface area contributed by atoms with Crippen LogP contribution in [-0.2, 0) is 4.79 Å². The van der Waals surface area contributed by atoms with Crippen LogP contribution in [-0.4, -0.2) is 18.6 Å². The third kappa shape index (κ3) is 3.67. The fourth-order valence-corrected chi connectivity index (χ4v) is 5.93. The fraction of sp³-hybridized carbons (Fsp3) is 0.435. The van der Waals surface area contributed by atoms with Crippen LogP contribution in [0.5, 0.6) is 5.75 Å². The third-order valence-corrected chi connectivity index (χ3v) is 7.38. The zero-order valence-corrected chi connectivity index (χ0v) is 18.2. The second-order valence-electron chi connectivity index (χ2n) is 8.49. The first-order valence-corrected chi connectivity index (χ1v) is 10.8. The van der Waals surface area contributed by atoms with Crippen molar-refractivity contribution in [2.24, 2.45) is 11.3 Å². The Bertz CT molecular complexity index is 953. The number of hydrogen-bond donors (Lipinski definition) is 1. The van der Waals surface area contributed by atoms with Crippen LogP contribution in [0.2, 0.25) is 10.0 Å². The molecule has 0 radical (unpaired) electrons. The van der Waals surface area contributed by atoms with Crippen LogP contribution in [0.1, 0.15) is 49.7 Å². The van der Waals surface area contributed by atoms with Gasteiger partial charge in [0.15, 0.2) is 0 Å². The van der Waals surface area contributed by atoms with Crippen molar-refractivity contribution in [2.75, 3.05) is 0 Å². The molecule has 2 aromatic rings. The van der Waals surface area contributed by atoms with Crippen LogP contribution in [0.25, 0.3) is 0 Å². The van der Waals surface area contributed by atoms with Crippen molar-refractivity contribution in [3.8, 4) is 5.75 Å². The predicted octanol–water partition coefficient (Wildman–Crippen LogP) is 6.40. The molecular formula is C23H23Cl2F2NO2. The quantitative estimate of drug-likeness (QED) is 0.581. The normalized spacial score (nSPS) is 30.8. The van der Waals surface area contributed by atoms with E-state index in [1.165, 1.54) is 12.1 Å². The van der Waals surface area contributed by atoms with Crippen molar-refractivity contribution in [3.05, 3.63) is 63.6 Å². The number of benzene rings is 2. The van der Waals surface area contributed by atoms with Crippen LogP contribution in [0.4, 0.5) is 8.78 Å². The van der Waals surface area contributed by atoms with E-state index >= 15 is 0 Å². The summed E-state index contributed by atoms with van der Waals surface area (Å²) in [7, 11) is 0. The summed E-state index contributed by atoms with van der Waals surface area (Å²) < 4.78 is 29.6. The lowest BCUT2D eigenvalue weighted by atomic mass is 9.56. The molecule has 160 valence electrons. The standard InChI is InChI=1S/C23H23Cl2F2NO2/c1-12-20-19(13-3-5-14(24)6-4-13)17(9-10-23(20,2)21(29)28-12)16-8-7-15(11-18(16)25)30-22(26)27/h3-8,11-12,17,19-20,22H,9-10H2,1-2H3,(H,28,29)/t12-,17+,19+,20+,23-/m1/s1. The van der Waals surface area contributed by atoms with Crippen molar-refractivity contribution in [1.29, 1.82) is 0 Å². The average molecular weight is 454 g/mol. The number of halogens is 4. The topological polar surface area (TPSA) is 38.3 Å². The highest BCUT2D eigenvalue weighted by atomic mass is 35.5. The molecule has 2 aliphatic rings. The van der Waals surface area contributed by atoms with Gasteiger partial charge in [-0.2, -0.15) is 8.78 Å². The van der Waals surface area contributed by atoms with E-state index in [4.69, 9.17) is 23.2 Å². The summed E-state index contributed by atoms with van der Waals surface area (Å²) in [6, 6.07) is 12.5. The number of rotatable bonds is 4. The Kier molecular flexibility index (Phi) is 5.71. The van der Waals surface area contributed by atoms with E-state index < -0.39 is 12.0 Å². The number of carbonyl (C=O) groups excluding carboxylic acids is 1. The Hall–Kier alpha value is -1.85. The van der Waals surface area contributed by atoms with Gasteiger partial charge in [-0.25, -0.2) is 0 Å². The first-order valence-electron chi connectivity index (χ1n) is 10.0. The number of carbonyl (C=O) groups is 1. The summed E-state index contributed by atoms with van der Waals surface area (Å²) in [6.07, 6.45) is 1.49. The van der Waals surface area contributed by atoms with Gasteiger partial charge in [-0.1, -0.05) is 48.3 Å². The van der Waals surface area contributed by atoms with Gasteiger partial charge in [-0.3, -0.25) is 4.79 Å². The molecule has 2 aromatic carbocycles. The van der Waals surface area contributed by atoms with E-state index in [0.717, 1.165) is 24.0 Å². The van der Waals surface area contributed by atoms with Gasteiger partial charge in [0, 0.05) is 22.0 Å². The lowest BCUT2D eigenvalue weighted by molar-refractivity contribution is -0.129. The first-order chi connectivity index (χ1) is 14.2. The lowest BCUT2D eigenvalue weighted by Gasteiger charge is -2.46. The maximum atomic E-state index is 12.8. The van der Waals surface area contributed by atoms with Gasteiger partial charge in [0.25, 0.3) is 0 Å². The second kappa shape index (κ2) is 8.01. The first kappa shape index (κ1) is 21.4. The fourth-order valence-electron chi connectivity index (χ4n) is 5.50. The molecule has 1 saturated heterocycles. The van der Waals surface area contributed by atoms with Crippen molar-refractivity contribution in [3.63, 3.8) is 0 Å². The van der Waals surface area contributed by atoms with Gasteiger partial charge in [-0.15, -0.1) is 0 Å². The van der Waals surface area contributed by atoms with Crippen LogP contribution in [0.15, 0.2) is 42.5 Å². The second-order valence-corrected chi connectivity index (χ2v) is 9.33. The van der Waals surface area contributed by atoms with Crippen LogP contribution >= 0.6 is 23.2 Å². The molecule has 1 amide bonds. The Balaban J connectivity index is 1.79. The zero-order valence-electron chi connectivity index (χ0n) is 16.7. The Morgan fingerprint density at radius 3 is 2.50 bits per heavy atom. The van der Waals surface area contributed by atoms with E-state index in [1.54, 1.807) is 6.07 Å². The molecule has 1 saturated carbocycles. The van der Waals surface area contributed by atoms with E-state index in [2.05, 4.69) is 10.1 Å². The summed E-state index contributed by atoms with van der Waals surface area (Å²) in [6.45, 7) is 1.18. The number of fused-ring (bicyclic) bond motifs is 1. The van der Waals surface area contributed by atoms with Crippen molar-refractivity contribution in [2.45, 2.75) is 51.2 Å². The molecule has 3 nitrogen and oxygen atoms in total. The monoisotopic (exact) mass is 453 g/mol. The number of alkyl halides is 2. The largest absolute Gasteiger partial charge is 0.435 e. The Labute approximate surface area is 184 Å². The van der Waals surface area contributed by atoms with E-state index in [-0.39, 0.29) is 35.5 Å². The van der Waals surface area contributed by atoms with Gasteiger partial charge >= 0.3 is 6.61 Å². The van der Waals surface area contributed by atoms with Gasteiger partial charge in [0.2, 0.25) is 5.91 Å². The third-order valence-electron chi connectivity index (χ3n) is 6.80. The lowest BCUT2D eigenvalue weighted by Crippen LogP contribution is -2.42. The molecule has 5 atom stereocenters. The summed E-state index contributed by atoms with van der Waals surface area (Å²) in [5.41, 5.74) is 1.50. The molecule has 0 bridgehead atoms. The number of amides is 1. The highest BCUT2D eigenvalue weighted by Gasteiger charge is 2.57. The average Bonchev–Trinajstić information content (AvgIpc) is 2.91. The molecule has 1 aliphatic heterocycles. The minimum Gasteiger partial charge on any atom is -0.435 e. The molecule has 1 heterocycles. The Morgan fingerprint density at radius 2 is 1.87 bits per heavy atom. The summed E-state index contributed by atoms with van der Waals surface area (Å²) in [5, 5.41) is 4.17. The number of nitrogens with one attached hydrogen (secondary N) is 1. The molecule has 1 aliphatic carbocycles. The molecule has 4 rings (SSSR count). The molecule has 2 fully saturated rings. The summed E-state index contributed by atoms with van der Waals surface area (Å²) in [5.74, 6) is 0.248. The van der Waals surface area contributed by atoms with Crippen LogP contribution in [0.3, 0.4) is 0 Å². The van der Waals surface area contributed by atoms with Gasteiger partial charge in [-0.05, 0) is 67.0 Å². The van der Waals surface area contributed by atoms with Crippen LogP contribution < -0.4 is 10.1 Å².